The number of aryl methyl sites for hydroxylation is 2. The molecule has 8 nitrogen and oxygen atoms in total. The number of hydrogen-bond acceptors (Lipinski definition) is 6. The number of ether oxygens (including phenoxy) is 2. The minimum Gasteiger partial charge on any atom is -0.492 e. The van der Waals surface area contributed by atoms with Crippen LogP contribution in [-0.2, 0) is 17.8 Å². The van der Waals surface area contributed by atoms with Gasteiger partial charge in [0.2, 0.25) is 0 Å². The Labute approximate surface area is 228 Å². The van der Waals surface area contributed by atoms with E-state index >= 15 is 0 Å². The summed E-state index contributed by atoms with van der Waals surface area (Å²) in [5.41, 5.74) is 3.85. The summed E-state index contributed by atoms with van der Waals surface area (Å²) in [4.78, 5) is 32.6. The van der Waals surface area contributed by atoms with Crippen LogP contribution in [0.3, 0.4) is 0 Å². The standard InChI is InChI=1S/C29H32N4O4.ClH/c1-3-32-20-30-28-26(29(32)35)21(2)18-33(28)19-22-4-6-23(7-5-22)27(34)24-8-10-25(11-9-24)37-17-14-31-12-15-36-16-13-31;/h4-11,18,20H,3,12-17,19H2,1-2H3;1H. The maximum Gasteiger partial charge on any atom is 0.263 e. The van der Waals surface area contributed by atoms with Crippen molar-refractivity contribution in [3.05, 3.63) is 93.7 Å². The van der Waals surface area contributed by atoms with E-state index in [-0.39, 0.29) is 23.7 Å². The molecule has 200 valence electrons. The molecule has 2 aromatic heterocycles. The molecule has 0 aliphatic carbocycles. The molecular weight excluding hydrogens is 504 g/mol. The zero-order valence-electron chi connectivity index (χ0n) is 21.8. The Balaban J connectivity index is 0.00000336. The molecule has 2 aromatic carbocycles. The highest BCUT2D eigenvalue weighted by Crippen LogP contribution is 2.19. The number of aromatic nitrogens is 3. The van der Waals surface area contributed by atoms with Gasteiger partial charge in [0.1, 0.15) is 18.0 Å². The minimum atomic E-state index is -0.0320. The monoisotopic (exact) mass is 536 g/mol. The van der Waals surface area contributed by atoms with Crippen LogP contribution in [0.4, 0.5) is 0 Å². The summed E-state index contributed by atoms with van der Waals surface area (Å²) in [5.74, 6) is 0.726. The van der Waals surface area contributed by atoms with Gasteiger partial charge >= 0.3 is 0 Å². The van der Waals surface area contributed by atoms with E-state index in [1.807, 2.05) is 73.1 Å². The first-order chi connectivity index (χ1) is 18.0. The van der Waals surface area contributed by atoms with Gasteiger partial charge in [-0.3, -0.25) is 19.1 Å². The van der Waals surface area contributed by atoms with E-state index in [1.165, 1.54) is 0 Å². The van der Waals surface area contributed by atoms with E-state index < -0.39 is 0 Å². The first-order valence-corrected chi connectivity index (χ1v) is 12.7. The molecule has 1 fully saturated rings. The highest BCUT2D eigenvalue weighted by molar-refractivity contribution is 6.09. The van der Waals surface area contributed by atoms with Crippen LogP contribution in [-0.4, -0.2) is 64.3 Å². The lowest BCUT2D eigenvalue weighted by Crippen LogP contribution is -2.38. The van der Waals surface area contributed by atoms with Crippen LogP contribution in [0.15, 0.2) is 65.8 Å². The quantitative estimate of drug-likeness (QED) is 0.302. The van der Waals surface area contributed by atoms with Crippen LogP contribution in [0.2, 0.25) is 0 Å². The largest absolute Gasteiger partial charge is 0.492 e. The topological polar surface area (TPSA) is 78.6 Å². The van der Waals surface area contributed by atoms with Crippen molar-refractivity contribution in [2.75, 3.05) is 39.5 Å². The summed E-state index contributed by atoms with van der Waals surface area (Å²) in [6, 6.07) is 14.9. The fourth-order valence-corrected chi connectivity index (χ4v) is 4.69. The number of hydrogen-bond donors (Lipinski definition) is 0. The predicted molar refractivity (Wildman–Crippen MR) is 150 cm³/mol. The van der Waals surface area contributed by atoms with Crippen LogP contribution in [0.25, 0.3) is 11.0 Å². The summed E-state index contributed by atoms with van der Waals surface area (Å²) in [7, 11) is 0. The Morgan fingerprint density at radius 3 is 2.32 bits per heavy atom. The van der Waals surface area contributed by atoms with Crippen LogP contribution in [0.5, 0.6) is 5.75 Å². The molecule has 0 bridgehead atoms. The van der Waals surface area contributed by atoms with Crippen molar-refractivity contribution < 1.29 is 14.3 Å². The van der Waals surface area contributed by atoms with Gasteiger partial charge in [0.15, 0.2) is 5.78 Å². The Hall–Kier alpha value is -3.46. The van der Waals surface area contributed by atoms with Crippen LogP contribution < -0.4 is 10.3 Å². The van der Waals surface area contributed by atoms with Gasteiger partial charge in [-0.15, -0.1) is 12.4 Å². The van der Waals surface area contributed by atoms with Crippen molar-refractivity contribution in [3.8, 4) is 5.75 Å². The average molecular weight is 537 g/mol. The first-order valence-electron chi connectivity index (χ1n) is 12.7. The van der Waals surface area contributed by atoms with Gasteiger partial charge in [-0.05, 0) is 49.2 Å². The second-order valence-corrected chi connectivity index (χ2v) is 9.33. The van der Waals surface area contributed by atoms with Crippen molar-refractivity contribution in [1.82, 2.24) is 19.0 Å². The number of nitrogens with zero attached hydrogens (tertiary/aromatic N) is 4. The second kappa shape index (κ2) is 12.4. The summed E-state index contributed by atoms with van der Waals surface area (Å²) in [5, 5.41) is 0.657. The van der Waals surface area contributed by atoms with Crippen LogP contribution in [0.1, 0.15) is 34.0 Å². The van der Waals surface area contributed by atoms with E-state index in [0.717, 1.165) is 49.7 Å². The molecule has 9 heteroatoms. The Morgan fingerprint density at radius 1 is 1.00 bits per heavy atom. The SMILES string of the molecule is CCn1cnc2c(c(C)cn2Cc2ccc(C(=O)c3ccc(OCCN4CCOCC4)cc3)cc2)c1=O.Cl. The normalized spacial score (nSPS) is 13.8. The molecular formula is C29H33ClN4O4. The molecule has 0 spiro atoms. The smallest absolute Gasteiger partial charge is 0.263 e. The fraction of sp³-hybridized carbons (Fsp3) is 0.345. The third kappa shape index (κ3) is 5.99. The predicted octanol–water partition coefficient (Wildman–Crippen LogP) is 3.94. The van der Waals surface area contributed by atoms with Crippen molar-refractivity contribution in [1.29, 1.82) is 0 Å². The molecule has 0 atom stereocenters. The maximum absolute atomic E-state index is 13.0. The van der Waals surface area contributed by atoms with E-state index in [1.54, 1.807) is 10.9 Å². The molecule has 0 N–H and O–H groups in total. The maximum atomic E-state index is 13.0. The minimum absolute atomic E-state index is 0. The lowest BCUT2D eigenvalue weighted by Gasteiger charge is -2.26. The van der Waals surface area contributed by atoms with Gasteiger partial charge in [0.05, 0.1) is 24.9 Å². The van der Waals surface area contributed by atoms with Crippen LogP contribution >= 0.6 is 12.4 Å². The van der Waals surface area contributed by atoms with E-state index in [4.69, 9.17) is 9.47 Å². The van der Waals surface area contributed by atoms with E-state index in [9.17, 15) is 9.59 Å². The van der Waals surface area contributed by atoms with Crippen molar-refractivity contribution >= 4 is 29.2 Å². The van der Waals surface area contributed by atoms with Gasteiger partial charge < -0.3 is 14.0 Å². The highest BCUT2D eigenvalue weighted by Gasteiger charge is 2.14. The zero-order valence-corrected chi connectivity index (χ0v) is 22.6. The first kappa shape index (κ1) is 27.6. The number of carbonyl (C=O) groups is 1. The molecule has 0 radical (unpaired) electrons. The Bertz CT molecular complexity index is 1440. The molecule has 3 heterocycles. The molecule has 0 saturated carbocycles. The number of ketones is 1. The van der Waals surface area contributed by atoms with E-state index in [2.05, 4.69) is 9.88 Å². The molecule has 5 rings (SSSR count). The summed E-state index contributed by atoms with van der Waals surface area (Å²) in [6.07, 6.45) is 3.56. The molecule has 38 heavy (non-hydrogen) atoms. The second-order valence-electron chi connectivity index (χ2n) is 9.33. The van der Waals surface area contributed by atoms with Gasteiger partial charge in [0.25, 0.3) is 5.56 Å². The molecule has 1 aliphatic rings. The van der Waals surface area contributed by atoms with Gasteiger partial charge in [0, 0.05) is 50.0 Å². The van der Waals surface area contributed by atoms with Gasteiger partial charge in [-0.1, -0.05) is 24.3 Å². The van der Waals surface area contributed by atoms with Gasteiger partial charge in [-0.2, -0.15) is 0 Å². The summed E-state index contributed by atoms with van der Waals surface area (Å²) in [6.45, 7) is 9.92. The molecule has 0 amide bonds. The lowest BCUT2D eigenvalue weighted by atomic mass is 10.0. The third-order valence-corrected chi connectivity index (χ3v) is 6.84. The summed E-state index contributed by atoms with van der Waals surface area (Å²) >= 11 is 0. The Kier molecular flexibility index (Phi) is 8.99. The molecule has 4 aromatic rings. The molecule has 1 aliphatic heterocycles. The number of benzene rings is 2. The molecule has 0 unspecified atom stereocenters. The zero-order chi connectivity index (χ0) is 25.8. The Morgan fingerprint density at radius 2 is 1.66 bits per heavy atom. The van der Waals surface area contributed by atoms with Crippen molar-refractivity contribution in [2.24, 2.45) is 0 Å². The van der Waals surface area contributed by atoms with Crippen LogP contribution in [0, 0.1) is 6.92 Å². The third-order valence-electron chi connectivity index (χ3n) is 6.84. The average Bonchev–Trinajstić information content (AvgIpc) is 3.25. The fourth-order valence-electron chi connectivity index (χ4n) is 4.69. The van der Waals surface area contributed by atoms with Crippen molar-refractivity contribution in [2.45, 2.75) is 26.9 Å². The highest BCUT2D eigenvalue weighted by atomic mass is 35.5. The number of rotatable bonds is 9. The number of morpholine rings is 1. The van der Waals surface area contributed by atoms with E-state index in [0.29, 0.717) is 41.9 Å². The summed E-state index contributed by atoms with van der Waals surface area (Å²) < 4.78 is 14.8. The number of halogens is 1. The lowest BCUT2D eigenvalue weighted by molar-refractivity contribution is 0.0322. The molecule has 1 saturated heterocycles. The number of fused-ring (bicyclic) bond motifs is 1. The van der Waals surface area contributed by atoms with Gasteiger partial charge in [-0.25, -0.2) is 4.98 Å². The number of carbonyl (C=O) groups excluding carboxylic acids is 1. The van der Waals surface area contributed by atoms with Crippen molar-refractivity contribution in [3.63, 3.8) is 0 Å².